The lowest BCUT2D eigenvalue weighted by atomic mass is 10.2. The first-order valence-corrected chi connectivity index (χ1v) is 4.76. The predicted molar refractivity (Wildman–Crippen MR) is 50.4 cm³/mol. The van der Waals surface area contributed by atoms with Crippen molar-refractivity contribution in [2.75, 3.05) is 7.11 Å². The minimum Gasteiger partial charge on any atom is -0.469 e. The van der Waals surface area contributed by atoms with E-state index in [0.29, 0.717) is 0 Å². The van der Waals surface area contributed by atoms with Gasteiger partial charge in [0.15, 0.2) is 0 Å². The number of aryl methyl sites for hydroxylation is 1. The van der Waals surface area contributed by atoms with Crippen LogP contribution in [-0.4, -0.2) is 18.1 Å². The Kier molecular flexibility index (Phi) is 3.39. The van der Waals surface area contributed by atoms with Gasteiger partial charge in [-0.05, 0) is 6.92 Å². The molecular formula is C8H12N2O2S. The second-order valence-corrected chi connectivity index (χ2v) is 3.60. The third-order valence-electron chi connectivity index (χ3n) is 1.57. The van der Waals surface area contributed by atoms with Gasteiger partial charge in [0.1, 0.15) is 5.01 Å². The Bertz CT molecular complexity index is 298. The molecule has 0 unspecified atom stereocenters. The third kappa shape index (κ3) is 2.78. The maximum atomic E-state index is 10.9. The normalized spacial score (nSPS) is 12.5. The van der Waals surface area contributed by atoms with Crippen molar-refractivity contribution in [1.29, 1.82) is 0 Å². The Morgan fingerprint density at radius 2 is 2.54 bits per heavy atom. The number of thiazole rings is 1. The summed E-state index contributed by atoms with van der Waals surface area (Å²) in [4.78, 5) is 15.1. The number of carbonyl (C=O) groups excluding carboxylic acids is 1. The third-order valence-corrected chi connectivity index (χ3v) is 2.66. The van der Waals surface area contributed by atoms with E-state index in [1.165, 1.54) is 18.4 Å². The highest BCUT2D eigenvalue weighted by molar-refractivity contribution is 7.09. The summed E-state index contributed by atoms with van der Waals surface area (Å²) < 4.78 is 4.51. The molecule has 0 bridgehead atoms. The molecule has 5 heteroatoms. The number of nitrogens with zero attached hydrogens (tertiary/aromatic N) is 1. The number of ether oxygens (including phenoxy) is 1. The van der Waals surface area contributed by atoms with Crippen molar-refractivity contribution in [2.24, 2.45) is 5.73 Å². The van der Waals surface area contributed by atoms with E-state index >= 15 is 0 Å². The van der Waals surface area contributed by atoms with Crippen molar-refractivity contribution in [3.8, 4) is 0 Å². The average molecular weight is 200 g/mol. The zero-order valence-electron chi connectivity index (χ0n) is 7.61. The maximum absolute atomic E-state index is 10.9. The van der Waals surface area contributed by atoms with Crippen molar-refractivity contribution in [2.45, 2.75) is 19.4 Å². The molecule has 13 heavy (non-hydrogen) atoms. The zero-order valence-corrected chi connectivity index (χ0v) is 8.43. The van der Waals surface area contributed by atoms with Gasteiger partial charge in [-0.2, -0.15) is 0 Å². The van der Waals surface area contributed by atoms with Crippen molar-refractivity contribution in [3.05, 3.63) is 16.1 Å². The van der Waals surface area contributed by atoms with Crippen LogP contribution in [0.25, 0.3) is 0 Å². The van der Waals surface area contributed by atoms with Crippen LogP contribution in [0.5, 0.6) is 0 Å². The number of rotatable bonds is 3. The van der Waals surface area contributed by atoms with Crippen LogP contribution >= 0.6 is 11.3 Å². The van der Waals surface area contributed by atoms with E-state index in [1.54, 1.807) is 0 Å². The van der Waals surface area contributed by atoms with E-state index in [4.69, 9.17) is 5.73 Å². The lowest BCUT2D eigenvalue weighted by Gasteiger charge is -2.05. The molecule has 2 N–H and O–H groups in total. The minimum atomic E-state index is -0.342. The highest BCUT2D eigenvalue weighted by Gasteiger charge is 2.14. The van der Waals surface area contributed by atoms with Gasteiger partial charge in [0.05, 0.1) is 19.6 Å². The number of aromatic nitrogens is 1. The molecule has 1 heterocycles. The van der Waals surface area contributed by atoms with E-state index in [0.717, 1.165) is 10.7 Å². The molecule has 0 aromatic carbocycles. The standard InChI is InChI=1S/C8H12N2O2S/c1-5-4-13-8(10-5)6(9)3-7(11)12-2/h4,6H,3,9H2,1-2H3/t6-/m0/s1. The van der Waals surface area contributed by atoms with E-state index in [-0.39, 0.29) is 18.4 Å². The molecule has 0 saturated carbocycles. The Balaban J connectivity index is 2.58. The molecule has 1 atom stereocenters. The van der Waals surface area contributed by atoms with Gasteiger partial charge in [-0.15, -0.1) is 11.3 Å². The smallest absolute Gasteiger partial charge is 0.307 e. The summed E-state index contributed by atoms with van der Waals surface area (Å²) in [5.41, 5.74) is 6.66. The van der Waals surface area contributed by atoms with Crippen LogP contribution < -0.4 is 5.73 Å². The zero-order chi connectivity index (χ0) is 9.84. The fourth-order valence-electron chi connectivity index (χ4n) is 0.893. The van der Waals surface area contributed by atoms with Crippen molar-refractivity contribution in [3.63, 3.8) is 0 Å². The summed E-state index contributed by atoms with van der Waals surface area (Å²) in [6.45, 7) is 1.89. The Morgan fingerprint density at radius 3 is 3.00 bits per heavy atom. The molecule has 1 rings (SSSR count). The molecule has 0 radical (unpaired) electrons. The lowest BCUT2D eigenvalue weighted by Crippen LogP contribution is -2.16. The van der Waals surface area contributed by atoms with E-state index in [1.807, 2.05) is 12.3 Å². The maximum Gasteiger partial charge on any atom is 0.307 e. The fraction of sp³-hybridized carbons (Fsp3) is 0.500. The fourth-order valence-corrected chi connectivity index (χ4v) is 1.69. The van der Waals surface area contributed by atoms with Crippen LogP contribution in [0.15, 0.2) is 5.38 Å². The number of esters is 1. The molecule has 0 fully saturated rings. The van der Waals surface area contributed by atoms with E-state index in [9.17, 15) is 4.79 Å². The molecule has 0 spiro atoms. The molecule has 1 aromatic rings. The van der Waals surface area contributed by atoms with E-state index < -0.39 is 0 Å². The molecule has 0 saturated heterocycles. The number of nitrogens with two attached hydrogens (primary N) is 1. The molecule has 0 amide bonds. The number of methoxy groups -OCH3 is 1. The first-order chi connectivity index (χ1) is 6.13. The second kappa shape index (κ2) is 4.34. The summed E-state index contributed by atoms with van der Waals surface area (Å²) in [5.74, 6) is -0.305. The molecule has 0 aliphatic heterocycles. The van der Waals surface area contributed by atoms with Gasteiger partial charge in [-0.3, -0.25) is 4.79 Å². The predicted octanol–water partition coefficient (Wildman–Crippen LogP) is 1.01. The first-order valence-electron chi connectivity index (χ1n) is 3.88. The Hall–Kier alpha value is -0.940. The second-order valence-electron chi connectivity index (χ2n) is 2.71. The average Bonchev–Trinajstić information content (AvgIpc) is 2.51. The summed E-state index contributed by atoms with van der Waals surface area (Å²) in [6, 6.07) is -0.342. The van der Waals surface area contributed by atoms with Crippen LogP contribution in [0.2, 0.25) is 0 Å². The number of carbonyl (C=O) groups is 1. The monoisotopic (exact) mass is 200 g/mol. The lowest BCUT2D eigenvalue weighted by molar-refractivity contribution is -0.141. The van der Waals surface area contributed by atoms with Gasteiger partial charge in [-0.25, -0.2) is 4.98 Å². The molecular weight excluding hydrogens is 188 g/mol. The molecule has 0 aliphatic carbocycles. The van der Waals surface area contributed by atoms with Crippen molar-refractivity contribution in [1.82, 2.24) is 4.98 Å². The topological polar surface area (TPSA) is 65.2 Å². The van der Waals surface area contributed by atoms with Gasteiger partial charge < -0.3 is 10.5 Å². The van der Waals surface area contributed by atoms with Crippen molar-refractivity contribution < 1.29 is 9.53 Å². The van der Waals surface area contributed by atoms with Gasteiger partial charge in [-0.1, -0.05) is 0 Å². The summed E-state index contributed by atoms with van der Waals surface area (Å²) in [7, 11) is 1.35. The summed E-state index contributed by atoms with van der Waals surface area (Å²) in [5, 5.41) is 2.69. The summed E-state index contributed by atoms with van der Waals surface area (Å²) >= 11 is 1.47. The Labute approximate surface area is 80.7 Å². The number of hydrogen-bond donors (Lipinski definition) is 1. The van der Waals surface area contributed by atoms with Crippen LogP contribution in [0.1, 0.15) is 23.2 Å². The van der Waals surface area contributed by atoms with Gasteiger partial charge in [0.25, 0.3) is 0 Å². The number of hydrogen-bond acceptors (Lipinski definition) is 5. The Morgan fingerprint density at radius 1 is 1.85 bits per heavy atom. The van der Waals surface area contributed by atoms with Crippen LogP contribution in [-0.2, 0) is 9.53 Å². The van der Waals surface area contributed by atoms with Crippen LogP contribution in [0.4, 0.5) is 0 Å². The van der Waals surface area contributed by atoms with E-state index in [2.05, 4.69) is 9.72 Å². The van der Waals surface area contributed by atoms with Crippen LogP contribution in [0, 0.1) is 6.92 Å². The molecule has 1 aromatic heterocycles. The molecule has 4 nitrogen and oxygen atoms in total. The van der Waals surface area contributed by atoms with Gasteiger partial charge >= 0.3 is 5.97 Å². The summed E-state index contributed by atoms with van der Waals surface area (Å²) in [6.07, 6.45) is 0.184. The molecule has 0 aliphatic rings. The van der Waals surface area contributed by atoms with Crippen molar-refractivity contribution >= 4 is 17.3 Å². The highest BCUT2D eigenvalue weighted by atomic mass is 32.1. The highest BCUT2D eigenvalue weighted by Crippen LogP contribution is 2.18. The van der Waals surface area contributed by atoms with Gasteiger partial charge in [0.2, 0.25) is 0 Å². The molecule has 72 valence electrons. The van der Waals surface area contributed by atoms with Crippen LogP contribution in [0.3, 0.4) is 0 Å². The van der Waals surface area contributed by atoms with Gasteiger partial charge in [0, 0.05) is 11.1 Å². The first kappa shape index (κ1) is 10.1. The quantitative estimate of drug-likeness (QED) is 0.740. The minimum absolute atomic E-state index is 0.184. The SMILES string of the molecule is COC(=O)C[C@H](N)c1nc(C)cs1. The largest absolute Gasteiger partial charge is 0.469 e.